The Kier molecular flexibility index (Phi) is 7.80. The summed E-state index contributed by atoms with van der Waals surface area (Å²) in [6, 6.07) is 21.9. The molecule has 2 N–H and O–H groups in total. The molecule has 0 spiro atoms. The summed E-state index contributed by atoms with van der Waals surface area (Å²) in [5, 5.41) is 6.29. The number of halogens is 2. The van der Waals surface area contributed by atoms with E-state index < -0.39 is 0 Å². The molecular weight excluding hydrogens is 439 g/mol. The smallest absolute Gasteiger partial charge is 0.237 e. The SMILES string of the molecule is CC(Sc1ccc(NC(=O)Cc2ccccc2)cc1)C(=O)Nc1cc(Cl)cc(Cl)c1. The second-order valence-corrected chi connectivity index (χ2v) is 8.93. The van der Waals surface area contributed by atoms with Crippen molar-refractivity contribution in [2.24, 2.45) is 0 Å². The second-order valence-electron chi connectivity index (χ2n) is 6.64. The van der Waals surface area contributed by atoms with Gasteiger partial charge in [0.1, 0.15) is 0 Å². The van der Waals surface area contributed by atoms with Crippen molar-refractivity contribution in [2.45, 2.75) is 23.5 Å². The van der Waals surface area contributed by atoms with E-state index >= 15 is 0 Å². The molecule has 7 heteroatoms. The lowest BCUT2D eigenvalue weighted by Crippen LogP contribution is -2.22. The molecule has 4 nitrogen and oxygen atoms in total. The molecule has 0 saturated carbocycles. The van der Waals surface area contributed by atoms with Gasteiger partial charge < -0.3 is 10.6 Å². The molecule has 0 saturated heterocycles. The normalized spacial score (nSPS) is 11.6. The number of thioether (sulfide) groups is 1. The molecule has 1 unspecified atom stereocenters. The first-order valence-electron chi connectivity index (χ1n) is 9.26. The summed E-state index contributed by atoms with van der Waals surface area (Å²) >= 11 is 13.4. The van der Waals surface area contributed by atoms with Crippen LogP contribution in [0.2, 0.25) is 10.0 Å². The molecule has 0 radical (unpaired) electrons. The van der Waals surface area contributed by atoms with E-state index in [-0.39, 0.29) is 17.1 Å². The molecule has 3 aromatic carbocycles. The van der Waals surface area contributed by atoms with Crippen molar-refractivity contribution in [2.75, 3.05) is 10.6 Å². The number of benzene rings is 3. The third-order valence-corrected chi connectivity index (χ3v) is 5.71. The van der Waals surface area contributed by atoms with E-state index in [2.05, 4.69) is 10.6 Å². The average molecular weight is 459 g/mol. The van der Waals surface area contributed by atoms with E-state index in [4.69, 9.17) is 23.2 Å². The molecule has 0 aromatic heterocycles. The van der Waals surface area contributed by atoms with Crippen LogP contribution in [0.15, 0.2) is 77.7 Å². The van der Waals surface area contributed by atoms with Gasteiger partial charge in [0, 0.05) is 26.3 Å². The van der Waals surface area contributed by atoms with Gasteiger partial charge in [-0.25, -0.2) is 0 Å². The molecule has 2 amide bonds. The van der Waals surface area contributed by atoms with Gasteiger partial charge in [-0.05, 0) is 55.0 Å². The molecule has 154 valence electrons. The standard InChI is InChI=1S/C23H20Cl2N2O2S/c1-15(23(29)27-20-13-17(24)12-18(25)14-20)30-21-9-7-19(8-10-21)26-22(28)11-16-5-3-2-4-6-16/h2-10,12-15H,11H2,1H3,(H,26,28)(H,27,29). The van der Waals surface area contributed by atoms with Crippen LogP contribution in [-0.2, 0) is 16.0 Å². The minimum absolute atomic E-state index is 0.0745. The Morgan fingerprint density at radius 1 is 0.867 bits per heavy atom. The lowest BCUT2D eigenvalue weighted by molar-refractivity contribution is -0.116. The zero-order chi connectivity index (χ0) is 21.5. The quantitative estimate of drug-likeness (QED) is 0.408. The number of nitrogens with one attached hydrogen (secondary N) is 2. The first kappa shape index (κ1) is 22.2. The van der Waals surface area contributed by atoms with E-state index in [1.807, 2.05) is 61.5 Å². The Labute approximate surface area is 190 Å². The van der Waals surface area contributed by atoms with E-state index in [0.717, 1.165) is 10.5 Å². The third-order valence-electron chi connectivity index (χ3n) is 4.16. The van der Waals surface area contributed by atoms with Gasteiger partial charge in [-0.3, -0.25) is 9.59 Å². The fraction of sp³-hybridized carbons (Fsp3) is 0.130. The fourth-order valence-electron chi connectivity index (χ4n) is 2.73. The molecule has 0 fully saturated rings. The molecule has 0 heterocycles. The van der Waals surface area contributed by atoms with Crippen molar-refractivity contribution in [3.63, 3.8) is 0 Å². The van der Waals surface area contributed by atoms with Gasteiger partial charge in [-0.1, -0.05) is 53.5 Å². The van der Waals surface area contributed by atoms with Crippen LogP contribution in [0.5, 0.6) is 0 Å². The van der Waals surface area contributed by atoms with Gasteiger partial charge in [-0.15, -0.1) is 11.8 Å². The highest BCUT2D eigenvalue weighted by atomic mass is 35.5. The van der Waals surface area contributed by atoms with E-state index in [9.17, 15) is 9.59 Å². The van der Waals surface area contributed by atoms with E-state index in [1.165, 1.54) is 11.8 Å². The Hall–Kier alpha value is -2.47. The van der Waals surface area contributed by atoms with Crippen LogP contribution >= 0.6 is 35.0 Å². The molecule has 0 aliphatic rings. The van der Waals surface area contributed by atoms with Crippen LogP contribution in [-0.4, -0.2) is 17.1 Å². The Morgan fingerprint density at radius 3 is 2.13 bits per heavy atom. The highest BCUT2D eigenvalue weighted by Gasteiger charge is 2.15. The van der Waals surface area contributed by atoms with E-state index in [1.54, 1.807) is 18.2 Å². The van der Waals surface area contributed by atoms with Crippen molar-refractivity contribution in [1.29, 1.82) is 0 Å². The van der Waals surface area contributed by atoms with E-state index in [0.29, 0.717) is 27.8 Å². The van der Waals surface area contributed by atoms with Crippen LogP contribution in [0, 0.1) is 0 Å². The first-order valence-corrected chi connectivity index (χ1v) is 10.9. The molecule has 3 aromatic rings. The Morgan fingerprint density at radius 2 is 1.50 bits per heavy atom. The minimum atomic E-state index is -0.332. The van der Waals surface area contributed by atoms with Gasteiger partial charge in [0.05, 0.1) is 11.7 Å². The van der Waals surface area contributed by atoms with Gasteiger partial charge >= 0.3 is 0 Å². The predicted molar refractivity (Wildman–Crippen MR) is 126 cm³/mol. The molecule has 0 aliphatic carbocycles. The van der Waals surface area contributed by atoms with Gasteiger partial charge in [-0.2, -0.15) is 0 Å². The van der Waals surface area contributed by atoms with Crippen LogP contribution < -0.4 is 10.6 Å². The zero-order valence-corrected chi connectivity index (χ0v) is 18.5. The van der Waals surface area contributed by atoms with Crippen LogP contribution in [0.4, 0.5) is 11.4 Å². The van der Waals surface area contributed by atoms with Gasteiger partial charge in [0.2, 0.25) is 11.8 Å². The summed E-state index contributed by atoms with van der Waals surface area (Å²) in [4.78, 5) is 25.5. The molecule has 0 bridgehead atoms. The number of amides is 2. The summed E-state index contributed by atoms with van der Waals surface area (Å²) < 4.78 is 0. The number of carbonyl (C=O) groups is 2. The number of hydrogen-bond acceptors (Lipinski definition) is 3. The van der Waals surface area contributed by atoms with Crippen LogP contribution in [0.1, 0.15) is 12.5 Å². The van der Waals surface area contributed by atoms with Crippen molar-refractivity contribution >= 4 is 58.2 Å². The molecule has 30 heavy (non-hydrogen) atoms. The molecular formula is C23H20Cl2N2O2S. The number of carbonyl (C=O) groups excluding carboxylic acids is 2. The summed E-state index contributed by atoms with van der Waals surface area (Å²) in [7, 11) is 0. The maximum absolute atomic E-state index is 12.5. The lowest BCUT2D eigenvalue weighted by Gasteiger charge is -2.13. The summed E-state index contributed by atoms with van der Waals surface area (Å²) in [5.41, 5.74) is 2.23. The average Bonchev–Trinajstić information content (AvgIpc) is 2.69. The highest BCUT2D eigenvalue weighted by molar-refractivity contribution is 8.00. The monoisotopic (exact) mass is 458 g/mol. The molecule has 3 rings (SSSR count). The van der Waals surface area contributed by atoms with Crippen LogP contribution in [0.25, 0.3) is 0 Å². The maximum Gasteiger partial charge on any atom is 0.237 e. The Bertz CT molecular complexity index is 1010. The number of hydrogen-bond donors (Lipinski definition) is 2. The molecule has 0 aliphatic heterocycles. The summed E-state index contributed by atoms with van der Waals surface area (Å²) in [5.74, 6) is -0.229. The van der Waals surface area contributed by atoms with Crippen molar-refractivity contribution < 1.29 is 9.59 Å². The third kappa shape index (κ3) is 6.80. The summed E-state index contributed by atoms with van der Waals surface area (Å²) in [6.45, 7) is 1.82. The zero-order valence-electron chi connectivity index (χ0n) is 16.2. The van der Waals surface area contributed by atoms with Crippen LogP contribution in [0.3, 0.4) is 0 Å². The Balaban J connectivity index is 1.53. The molecule has 1 atom stereocenters. The summed E-state index contributed by atoms with van der Waals surface area (Å²) in [6.07, 6.45) is 0.321. The second kappa shape index (κ2) is 10.5. The minimum Gasteiger partial charge on any atom is -0.326 e. The predicted octanol–water partition coefficient (Wildman–Crippen LogP) is 6.29. The lowest BCUT2D eigenvalue weighted by atomic mass is 10.1. The first-order chi connectivity index (χ1) is 14.4. The van der Waals surface area contributed by atoms with Gasteiger partial charge in [0.15, 0.2) is 0 Å². The maximum atomic E-state index is 12.5. The number of rotatable bonds is 7. The van der Waals surface area contributed by atoms with Gasteiger partial charge in [0.25, 0.3) is 0 Å². The van der Waals surface area contributed by atoms with Crippen molar-refractivity contribution in [3.05, 3.63) is 88.4 Å². The van der Waals surface area contributed by atoms with Crippen molar-refractivity contribution in [3.8, 4) is 0 Å². The highest BCUT2D eigenvalue weighted by Crippen LogP contribution is 2.27. The topological polar surface area (TPSA) is 58.2 Å². The fourth-order valence-corrected chi connectivity index (χ4v) is 4.12. The largest absolute Gasteiger partial charge is 0.326 e. The number of anilines is 2. The van der Waals surface area contributed by atoms with Crippen molar-refractivity contribution in [1.82, 2.24) is 0 Å².